The van der Waals surface area contributed by atoms with Crippen molar-refractivity contribution >= 4 is 23.6 Å². The SMILES string of the molecule is CCNC(=NCCNC(=O)c1ccco1)N1CCC(CSc2ccccc2)C1. The van der Waals surface area contributed by atoms with Crippen LogP contribution in [0, 0.1) is 5.92 Å². The molecule has 1 amide bonds. The van der Waals surface area contributed by atoms with E-state index in [-0.39, 0.29) is 5.91 Å². The van der Waals surface area contributed by atoms with E-state index in [2.05, 4.69) is 57.8 Å². The average molecular weight is 401 g/mol. The number of nitrogens with zero attached hydrogens (tertiary/aromatic N) is 2. The lowest BCUT2D eigenvalue weighted by Gasteiger charge is -2.21. The van der Waals surface area contributed by atoms with Crippen LogP contribution in [0.4, 0.5) is 0 Å². The first-order chi connectivity index (χ1) is 13.8. The monoisotopic (exact) mass is 400 g/mol. The van der Waals surface area contributed by atoms with Crippen molar-refractivity contribution in [3.05, 3.63) is 54.5 Å². The van der Waals surface area contributed by atoms with Crippen molar-refractivity contribution in [3.63, 3.8) is 0 Å². The van der Waals surface area contributed by atoms with Crippen LogP contribution >= 0.6 is 11.8 Å². The molecule has 1 aliphatic heterocycles. The number of benzene rings is 1. The Morgan fingerprint density at radius 2 is 2.11 bits per heavy atom. The summed E-state index contributed by atoms with van der Waals surface area (Å²) in [6.45, 7) is 5.96. The third kappa shape index (κ3) is 6.05. The van der Waals surface area contributed by atoms with E-state index < -0.39 is 0 Å². The topological polar surface area (TPSA) is 69.9 Å². The Hall–Kier alpha value is -2.41. The molecule has 0 bridgehead atoms. The van der Waals surface area contributed by atoms with Gasteiger partial charge in [-0.15, -0.1) is 11.8 Å². The Labute approximate surface area is 170 Å². The standard InChI is InChI=1S/C21H28N4O2S/c1-2-22-21(24-12-11-23-20(26)19-9-6-14-27-19)25-13-10-17(15-25)16-28-18-7-4-3-5-8-18/h3-9,14,17H,2,10-13,15-16H2,1H3,(H,22,24)(H,23,26). The van der Waals surface area contributed by atoms with Crippen LogP contribution in [0.15, 0.2) is 63.0 Å². The van der Waals surface area contributed by atoms with Gasteiger partial charge in [0, 0.05) is 36.8 Å². The van der Waals surface area contributed by atoms with Gasteiger partial charge in [-0.1, -0.05) is 18.2 Å². The lowest BCUT2D eigenvalue weighted by Crippen LogP contribution is -2.40. The van der Waals surface area contributed by atoms with Gasteiger partial charge < -0.3 is 20.0 Å². The molecule has 2 aromatic rings. The zero-order valence-electron chi connectivity index (χ0n) is 16.3. The fourth-order valence-corrected chi connectivity index (χ4v) is 4.19. The van der Waals surface area contributed by atoms with Crippen LogP contribution in [0.25, 0.3) is 0 Å². The zero-order chi connectivity index (χ0) is 19.6. The summed E-state index contributed by atoms with van der Waals surface area (Å²) >= 11 is 1.92. The molecule has 6 nitrogen and oxygen atoms in total. The summed E-state index contributed by atoms with van der Waals surface area (Å²) in [6, 6.07) is 13.9. The summed E-state index contributed by atoms with van der Waals surface area (Å²) in [4.78, 5) is 20.2. The third-order valence-electron chi connectivity index (χ3n) is 4.55. The van der Waals surface area contributed by atoms with Crippen LogP contribution in [0.3, 0.4) is 0 Å². The predicted molar refractivity (Wildman–Crippen MR) is 114 cm³/mol. The Morgan fingerprint density at radius 1 is 1.25 bits per heavy atom. The molecule has 0 spiro atoms. The Morgan fingerprint density at radius 3 is 2.86 bits per heavy atom. The summed E-state index contributed by atoms with van der Waals surface area (Å²) in [6.07, 6.45) is 2.68. The molecule has 1 aromatic heterocycles. The molecule has 28 heavy (non-hydrogen) atoms. The van der Waals surface area contributed by atoms with Crippen molar-refractivity contribution in [2.75, 3.05) is 38.5 Å². The molecule has 1 aromatic carbocycles. The smallest absolute Gasteiger partial charge is 0.287 e. The molecular weight excluding hydrogens is 372 g/mol. The minimum atomic E-state index is -0.204. The Bertz CT molecular complexity index is 749. The summed E-state index contributed by atoms with van der Waals surface area (Å²) in [5, 5.41) is 6.20. The number of rotatable bonds is 8. The minimum absolute atomic E-state index is 0.204. The molecule has 0 radical (unpaired) electrons. The maximum Gasteiger partial charge on any atom is 0.287 e. The minimum Gasteiger partial charge on any atom is -0.459 e. The number of thioether (sulfide) groups is 1. The van der Waals surface area contributed by atoms with Crippen LogP contribution in [0.1, 0.15) is 23.9 Å². The summed E-state index contributed by atoms with van der Waals surface area (Å²) < 4.78 is 5.09. The van der Waals surface area contributed by atoms with Crippen LogP contribution in [0.2, 0.25) is 0 Å². The number of hydrogen-bond donors (Lipinski definition) is 2. The van der Waals surface area contributed by atoms with Gasteiger partial charge in [-0.3, -0.25) is 9.79 Å². The van der Waals surface area contributed by atoms with Gasteiger partial charge in [-0.05, 0) is 43.5 Å². The Balaban J connectivity index is 1.44. The molecule has 0 aliphatic carbocycles. The molecule has 3 rings (SSSR count). The number of furan rings is 1. The number of carbonyl (C=O) groups is 1. The van der Waals surface area contributed by atoms with E-state index in [9.17, 15) is 4.79 Å². The number of carbonyl (C=O) groups excluding carboxylic acids is 1. The van der Waals surface area contributed by atoms with E-state index in [0.717, 1.165) is 31.3 Å². The van der Waals surface area contributed by atoms with Gasteiger partial charge in [0.25, 0.3) is 5.91 Å². The number of amides is 1. The van der Waals surface area contributed by atoms with E-state index >= 15 is 0 Å². The molecule has 150 valence electrons. The number of likely N-dealkylation sites (tertiary alicyclic amines) is 1. The quantitative estimate of drug-likeness (QED) is 0.308. The maximum absolute atomic E-state index is 11.9. The molecule has 2 N–H and O–H groups in total. The van der Waals surface area contributed by atoms with Gasteiger partial charge in [-0.2, -0.15) is 0 Å². The second-order valence-electron chi connectivity index (χ2n) is 6.69. The van der Waals surface area contributed by atoms with Crippen LogP contribution in [-0.4, -0.2) is 55.2 Å². The largest absolute Gasteiger partial charge is 0.459 e. The first-order valence-corrected chi connectivity index (χ1v) is 10.8. The molecule has 1 aliphatic rings. The van der Waals surface area contributed by atoms with Crippen molar-refractivity contribution in [2.45, 2.75) is 18.2 Å². The molecule has 1 unspecified atom stereocenters. The first-order valence-electron chi connectivity index (χ1n) is 9.79. The van der Waals surface area contributed by atoms with E-state index in [1.165, 1.54) is 17.6 Å². The average Bonchev–Trinajstić information content (AvgIpc) is 3.42. The third-order valence-corrected chi connectivity index (χ3v) is 5.80. The van der Waals surface area contributed by atoms with Crippen molar-refractivity contribution in [3.8, 4) is 0 Å². The van der Waals surface area contributed by atoms with Gasteiger partial charge >= 0.3 is 0 Å². The van der Waals surface area contributed by atoms with E-state index in [1.54, 1.807) is 12.1 Å². The summed E-state index contributed by atoms with van der Waals surface area (Å²) in [5.74, 6) is 2.84. The lowest BCUT2D eigenvalue weighted by atomic mass is 10.2. The van der Waals surface area contributed by atoms with E-state index in [1.807, 2.05) is 11.8 Å². The molecule has 2 heterocycles. The molecular formula is C21H28N4O2S. The normalized spacial score (nSPS) is 17.0. The highest BCUT2D eigenvalue weighted by Crippen LogP contribution is 2.25. The molecule has 0 saturated carbocycles. The number of aliphatic imine (C=N–C) groups is 1. The van der Waals surface area contributed by atoms with Crippen LogP contribution in [0.5, 0.6) is 0 Å². The highest BCUT2D eigenvalue weighted by molar-refractivity contribution is 7.99. The van der Waals surface area contributed by atoms with Gasteiger partial charge in [0.1, 0.15) is 0 Å². The number of guanidine groups is 1. The first kappa shape index (κ1) is 20.3. The molecule has 1 atom stereocenters. The Kier molecular flexibility index (Phi) is 7.84. The molecule has 1 saturated heterocycles. The number of hydrogen-bond acceptors (Lipinski definition) is 4. The van der Waals surface area contributed by atoms with Crippen molar-refractivity contribution in [1.29, 1.82) is 0 Å². The van der Waals surface area contributed by atoms with Crippen LogP contribution in [-0.2, 0) is 0 Å². The second kappa shape index (κ2) is 10.8. The van der Waals surface area contributed by atoms with Crippen molar-refractivity contribution in [1.82, 2.24) is 15.5 Å². The maximum atomic E-state index is 11.9. The summed E-state index contributed by atoms with van der Waals surface area (Å²) in [5.41, 5.74) is 0. The second-order valence-corrected chi connectivity index (χ2v) is 7.79. The van der Waals surface area contributed by atoms with Gasteiger partial charge in [0.2, 0.25) is 0 Å². The van der Waals surface area contributed by atoms with Crippen molar-refractivity contribution in [2.24, 2.45) is 10.9 Å². The van der Waals surface area contributed by atoms with Gasteiger partial charge in [-0.25, -0.2) is 0 Å². The van der Waals surface area contributed by atoms with Crippen LogP contribution < -0.4 is 10.6 Å². The van der Waals surface area contributed by atoms with E-state index in [0.29, 0.717) is 24.8 Å². The number of nitrogens with one attached hydrogen (secondary N) is 2. The highest BCUT2D eigenvalue weighted by atomic mass is 32.2. The van der Waals surface area contributed by atoms with Gasteiger partial charge in [0.05, 0.1) is 12.8 Å². The van der Waals surface area contributed by atoms with Gasteiger partial charge in [0.15, 0.2) is 11.7 Å². The highest BCUT2D eigenvalue weighted by Gasteiger charge is 2.24. The molecule has 7 heteroatoms. The fourth-order valence-electron chi connectivity index (χ4n) is 3.14. The zero-order valence-corrected chi connectivity index (χ0v) is 17.1. The summed E-state index contributed by atoms with van der Waals surface area (Å²) in [7, 11) is 0. The van der Waals surface area contributed by atoms with E-state index in [4.69, 9.17) is 4.42 Å². The molecule has 1 fully saturated rings. The fraction of sp³-hybridized carbons (Fsp3) is 0.429. The predicted octanol–water partition coefficient (Wildman–Crippen LogP) is 3.09. The van der Waals surface area contributed by atoms with Crippen molar-refractivity contribution < 1.29 is 9.21 Å². The lowest BCUT2D eigenvalue weighted by molar-refractivity contribution is 0.0927.